The first kappa shape index (κ1) is 23.9. The molecule has 32 heavy (non-hydrogen) atoms. The van der Waals surface area contributed by atoms with Gasteiger partial charge in [0.2, 0.25) is 15.9 Å². The minimum absolute atomic E-state index is 0.160. The zero-order chi connectivity index (χ0) is 23.0. The Morgan fingerprint density at radius 3 is 2.28 bits per heavy atom. The molecule has 8 heteroatoms. The molecule has 1 amide bonds. The first-order valence-corrected chi connectivity index (χ1v) is 12.5. The predicted octanol–water partition coefficient (Wildman–Crippen LogP) is 3.75. The molecule has 0 spiro atoms. The Hall–Kier alpha value is -2.71. The number of nitrogens with one attached hydrogen (secondary N) is 1. The van der Waals surface area contributed by atoms with Gasteiger partial charge in [0.05, 0.1) is 24.5 Å². The van der Waals surface area contributed by atoms with Crippen LogP contribution in [0.25, 0.3) is 0 Å². The fourth-order valence-corrected chi connectivity index (χ4v) is 5.60. The van der Waals surface area contributed by atoms with Gasteiger partial charge < -0.3 is 10.1 Å². The lowest BCUT2D eigenvalue weighted by Gasteiger charge is -2.33. The molecule has 0 unspecified atom stereocenters. The maximum Gasteiger partial charge on any atom is 0.310 e. The van der Waals surface area contributed by atoms with Crippen LogP contribution in [-0.4, -0.2) is 43.8 Å². The second kappa shape index (κ2) is 11.2. The molecule has 0 atom stereocenters. The van der Waals surface area contributed by atoms with Crippen LogP contribution in [0.2, 0.25) is 0 Å². The fourth-order valence-electron chi connectivity index (χ4n) is 3.93. The fraction of sp³-hybridized carbons (Fsp3) is 0.417. The molecule has 3 rings (SSSR count). The molecule has 0 radical (unpaired) electrons. The van der Waals surface area contributed by atoms with Crippen LogP contribution in [-0.2, 0) is 30.8 Å². The van der Waals surface area contributed by atoms with Crippen molar-refractivity contribution < 1.29 is 22.7 Å². The number of esters is 1. The predicted molar refractivity (Wildman–Crippen MR) is 123 cm³/mol. The van der Waals surface area contributed by atoms with Gasteiger partial charge in [-0.15, -0.1) is 0 Å². The number of hydrogen-bond acceptors (Lipinski definition) is 5. The Morgan fingerprint density at radius 2 is 1.66 bits per heavy atom. The average Bonchev–Trinajstić information content (AvgIpc) is 2.80. The van der Waals surface area contributed by atoms with Crippen LogP contribution in [0.3, 0.4) is 0 Å². The smallest absolute Gasteiger partial charge is 0.310 e. The molecule has 7 nitrogen and oxygen atoms in total. The summed E-state index contributed by atoms with van der Waals surface area (Å²) in [6, 6.07) is 14.9. The third-order valence-corrected chi connectivity index (χ3v) is 7.44. The molecule has 1 fully saturated rings. The quantitative estimate of drug-likeness (QED) is 0.578. The molecule has 0 aromatic heterocycles. The number of amides is 1. The van der Waals surface area contributed by atoms with E-state index in [9.17, 15) is 18.0 Å². The normalized spacial score (nSPS) is 14.8. The number of nitrogens with zero attached hydrogens (tertiary/aromatic N) is 1. The van der Waals surface area contributed by atoms with E-state index in [-0.39, 0.29) is 29.9 Å². The van der Waals surface area contributed by atoms with E-state index in [1.807, 2.05) is 0 Å². The van der Waals surface area contributed by atoms with Crippen LogP contribution < -0.4 is 5.32 Å². The standard InChI is InChI=1S/C24H30N2O5S/c1-2-31-24(28)17-19-13-15-20(16-14-19)25-23(27)18-26(21-9-5-3-6-10-21)32(29,30)22-11-7-4-8-12-22/h4,7-8,11-16,21H,2-3,5-6,9-10,17-18H2,1H3,(H,25,27). The maximum absolute atomic E-state index is 13.3. The van der Waals surface area contributed by atoms with Crippen molar-refractivity contribution in [3.63, 3.8) is 0 Å². The van der Waals surface area contributed by atoms with Crippen molar-refractivity contribution in [2.24, 2.45) is 0 Å². The van der Waals surface area contributed by atoms with Gasteiger partial charge >= 0.3 is 5.97 Å². The number of hydrogen-bond donors (Lipinski definition) is 1. The SMILES string of the molecule is CCOC(=O)Cc1ccc(NC(=O)CN(C2CCCCC2)S(=O)(=O)c2ccccc2)cc1. The second-order valence-corrected chi connectivity index (χ2v) is 9.77. The van der Waals surface area contributed by atoms with E-state index >= 15 is 0 Å². The zero-order valence-corrected chi connectivity index (χ0v) is 19.1. The van der Waals surface area contributed by atoms with Gasteiger partial charge in [0.25, 0.3) is 0 Å². The van der Waals surface area contributed by atoms with Crippen LogP contribution in [0.5, 0.6) is 0 Å². The molecular weight excluding hydrogens is 428 g/mol. The van der Waals surface area contributed by atoms with Gasteiger partial charge in [-0.1, -0.05) is 49.6 Å². The van der Waals surface area contributed by atoms with Crippen LogP contribution >= 0.6 is 0 Å². The average molecular weight is 459 g/mol. The number of ether oxygens (including phenoxy) is 1. The van der Waals surface area contributed by atoms with Crippen molar-refractivity contribution in [3.8, 4) is 0 Å². The van der Waals surface area contributed by atoms with E-state index in [1.165, 1.54) is 4.31 Å². The number of anilines is 1. The first-order chi connectivity index (χ1) is 15.4. The van der Waals surface area contributed by atoms with Crippen molar-refractivity contribution in [3.05, 3.63) is 60.2 Å². The topological polar surface area (TPSA) is 92.8 Å². The van der Waals surface area contributed by atoms with Crippen molar-refractivity contribution in [2.45, 2.75) is 56.4 Å². The molecule has 172 valence electrons. The number of sulfonamides is 1. The Balaban J connectivity index is 1.71. The van der Waals surface area contributed by atoms with Gasteiger partial charge in [0, 0.05) is 11.7 Å². The first-order valence-electron chi connectivity index (χ1n) is 11.0. The van der Waals surface area contributed by atoms with Gasteiger partial charge in [0.15, 0.2) is 0 Å². The van der Waals surface area contributed by atoms with Crippen LogP contribution in [0.1, 0.15) is 44.6 Å². The summed E-state index contributed by atoms with van der Waals surface area (Å²) in [6.45, 7) is 1.84. The lowest BCUT2D eigenvalue weighted by molar-refractivity contribution is -0.142. The van der Waals surface area contributed by atoms with Crippen LogP contribution in [0.15, 0.2) is 59.5 Å². The highest BCUT2D eigenvalue weighted by Crippen LogP contribution is 2.27. The molecule has 2 aromatic rings. The van der Waals surface area contributed by atoms with E-state index in [4.69, 9.17) is 4.74 Å². The van der Waals surface area contributed by atoms with Crippen molar-refractivity contribution >= 4 is 27.6 Å². The van der Waals surface area contributed by atoms with Crippen molar-refractivity contribution in [1.82, 2.24) is 4.31 Å². The molecule has 1 N–H and O–H groups in total. The molecule has 0 heterocycles. The Bertz CT molecular complexity index is 1000. The van der Waals surface area contributed by atoms with Crippen molar-refractivity contribution in [1.29, 1.82) is 0 Å². The minimum Gasteiger partial charge on any atom is -0.466 e. The summed E-state index contributed by atoms with van der Waals surface area (Å²) in [6.07, 6.45) is 4.65. The monoisotopic (exact) mass is 458 g/mol. The number of carbonyl (C=O) groups excluding carboxylic acids is 2. The van der Waals surface area contributed by atoms with E-state index in [0.717, 1.165) is 37.7 Å². The Labute approximate surface area is 189 Å². The van der Waals surface area contributed by atoms with Gasteiger partial charge in [-0.05, 0) is 49.6 Å². The third-order valence-electron chi connectivity index (χ3n) is 5.52. The number of carbonyl (C=O) groups is 2. The minimum atomic E-state index is -3.79. The molecular formula is C24H30N2O5S. The van der Waals surface area contributed by atoms with Gasteiger partial charge in [-0.3, -0.25) is 9.59 Å². The van der Waals surface area contributed by atoms with Crippen LogP contribution in [0, 0.1) is 0 Å². The van der Waals surface area contributed by atoms with E-state index < -0.39 is 15.9 Å². The molecule has 0 aliphatic heterocycles. The number of benzene rings is 2. The lowest BCUT2D eigenvalue weighted by Crippen LogP contribution is -2.45. The van der Waals surface area contributed by atoms with Gasteiger partial charge in [-0.25, -0.2) is 8.42 Å². The number of rotatable bonds is 9. The second-order valence-electron chi connectivity index (χ2n) is 7.88. The van der Waals surface area contributed by atoms with Crippen LogP contribution in [0.4, 0.5) is 5.69 Å². The highest BCUT2D eigenvalue weighted by atomic mass is 32.2. The van der Waals surface area contributed by atoms with Gasteiger partial charge in [-0.2, -0.15) is 4.31 Å². The van der Waals surface area contributed by atoms with E-state index in [2.05, 4.69) is 5.32 Å². The van der Waals surface area contributed by atoms with E-state index in [1.54, 1.807) is 61.5 Å². The molecule has 2 aromatic carbocycles. The molecule has 0 bridgehead atoms. The summed E-state index contributed by atoms with van der Waals surface area (Å²) in [4.78, 5) is 24.6. The maximum atomic E-state index is 13.3. The van der Waals surface area contributed by atoms with E-state index in [0.29, 0.717) is 12.3 Å². The Kier molecular flexibility index (Phi) is 8.41. The molecule has 1 aliphatic carbocycles. The third kappa shape index (κ3) is 6.40. The molecule has 1 saturated carbocycles. The Morgan fingerprint density at radius 1 is 1.00 bits per heavy atom. The summed E-state index contributed by atoms with van der Waals surface area (Å²) in [5.74, 6) is -0.702. The lowest BCUT2D eigenvalue weighted by atomic mass is 9.95. The summed E-state index contributed by atoms with van der Waals surface area (Å²) >= 11 is 0. The largest absolute Gasteiger partial charge is 0.466 e. The summed E-state index contributed by atoms with van der Waals surface area (Å²) in [5.41, 5.74) is 1.32. The summed E-state index contributed by atoms with van der Waals surface area (Å²) < 4.78 is 32.9. The van der Waals surface area contributed by atoms with Crippen molar-refractivity contribution in [2.75, 3.05) is 18.5 Å². The summed E-state index contributed by atoms with van der Waals surface area (Å²) in [5, 5.41) is 2.78. The highest BCUT2D eigenvalue weighted by molar-refractivity contribution is 7.89. The highest BCUT2D eigenvalue weighted by Gasteiger charge is 2.33. The molecule has 0 saturated heterocycles. The molecule has 1 aliphatic rings. The summed E-state index contributed by atoms with van der Waals surface area (Å²) in [7, 11) is -3.79. The zero-order valence-electron chi connectivity index (χ0n) is 18.3. The van der Waals surface area contributed by atoms with Gasteiger partial charge in [0.1, 0.15) is 0 Å².